The number of aliphatic hydroxyl groups excluding tert-OH is 1. The normalized spacial score (nSPS) is 12.9. The van der Waals surface area contributed by atoms with Gasteiger partial charge in [0.15, 0.2) is 0 Å². The van der Waals surface area contributed by atoms with Gasteiger partial charge in [0.25, 0.3) is 0 Å². The van der Waals surface area contributed by atoms with Gasteiger partial charge in [0.1, 0.15) is 0 Å². The van der Waals surface area contributed by atoms with E-state index in [1.165, 1.54) is 0 Å². The van der Waals surface area contributed by atoms with E-state index < -0.39 is 6.10 Å². The van der Waals surface area contributed by atoms with Crippen LogP contribution in [0.2, 0.25) is 5.02 Å². The van der Waals surface area contributed by atoms with Crippen molar-refractivity contribution >= 4 is 27.5 Å². The topological polar surface area (TPSA) is 38.0 Å². The van der Waals surface area contributed by atoms with Gasteiger partial charge in [0.2, 0.25) is 0 Å². The molecule has 0 bridgehead atoms. The first-order chi connectivity index (χ1) is 8.95. The van der Waals surface area contributed by atoms with Gasteiger partial charge in [-0.2, -0.15) is 5.10 Å². The Labute approximate surface area is 126 Å². The van der Waals surface area contributed by atoms with Crippen molar-refractivity contribution in [3.63, 3.8) is 0 Å². The first-order valence-electron chi connectivity index (χ1n) is 6.14. The van der Waals surface area contributed by atoms with Crippen LogP contribution in [-0.2, 0) is 6.42 Å². The zero-order chi connectivity index (χ0) is 14.0. The molecule has 0 spiro atoms. The monoisotopic (exact) mass is 342 g/mol. The van der Waals surface area contributed by atoms with Gasteiger partial charge in [-0.1, -0.05) is 27.5 Å². The summed E-state index contributed by atoms with van der Waals surface area (Å²) in [6.45, 7) is 4.14. The van der Waals surface area contributed by atoms with Crippen LogP contribution in [0.25, 0.3) is 0 Å². The van der Waals surface area contributed by atoms with Gasteiger partial charge in [-0.3, -0.25) is 4.68 Å². The molecule has 0 saturated carbocycles. The first kappa shape index (κ1) is 14.6. The molecular formula is C14H16BrClN2O. The molecule has 1 aromatic carbocycles. The number of aliphatic hydroxyl groups is 1. The van der Waals surface area contributed by atoms with E-state index in [0.29, 0.717) is 17.5 Å². The highest BCUT2D eigenvalue weighted by Crippen LogP contribution is 2.25. The molecule has 0 amide bonds. The Bertz CT molecular complexity index is 548. The third kappa shape index (κ3) is 3.81. The summed E-state index contributed by atoms with van der Waals surface area (Å²) in [5.74, 6) is 0. The Morgan fingerprint density at radius 3 is 2.68 bits per heavy atom. The van der Waals surface area contributed by atoms with Gasteiger partial charge < -0.3 is 5.11 Å². The smallest absolute Gasteiger partial charge is 0.0847 e. The van der Waals surface area contributed by atoms with Crippen molar-refractivity contribution in [2.75, 3.05) is 0 Å². The number of hydrogen-bond donors (Lipinski definition) is 1. The average molecular weight is 344 g/mol. The van der Waals surface area contributed by atoms with E-state index in [1.807, 2.05) is 23.0 Å². The van der Waals surface area contributed by atoms with Crippen molar-refractivity contribution in [3.8, 4) is 0 Å². The maximum absolute atomic E-state index is 10.2. The summed E-state index contributed by atoms with van der Waals surface area (Å²) in [5, 5.41) is 15.3. The molecule has 0 saturated heterocycles. The molecule has 1 heterocycles. The van der Waals surface area contributed by atoms with E-state index in [1.54, 1.807) is 12.1 Å². The highest BCUT2D eigenvalue weighted by atomic mass is 79.9. The quantitative estimate of drug-likeness (QED) is 0.905. The summed E-state index contributed by atoms with van der Waals surface area (Å²) in [5.41, 5.74) is 1.66. The largest absolute Gasteiger partial charge is 0.388 e. The van der Waals surface area contributed by atoms with Gasteiger partial charge in [-0.15, -0.1) is 0 Å². The lowest BCUT2D eigenvalue weighted by molar-refractivity contribution is 0.177. The van der Waals surface area contributed by atoms with Crippen LogP contribution in [0.3, 0.4) is 0 Å². The van der Waals surface area contributed by atoms with Gasteiger partial charge in [0, 0.05) is 28.2 Å². The second-order valence-electron chi connectivity index (χ2n) is 4.80. The number of rotatable bonds is 4. The standard InChI is InChI=1S/C14H16BrClN2O/c1-9(2)18-4-3-13(17-18)8-14(19)10-5-11(15)7-12(16)6-10/h3-7,9,14,19H,8H2,1-2H3. The molecule has 3 nitrogen and oxygen atoms in total. The first-order valence-corrected chi connectivity index (χ1v) is 7.31. The molecule has 1 atom stereocenters. The van der Waals surface area contributed by atoms with Gasteiger partial charge in [0.05, 0.1) is 11.8 Å². The Kier molecular flexibility index (Phi) is 4.66. The molecule has 0 fully saturated rings. The van der Waals surface area contributed by atoms with Crippen LogP contribution in [-0.4, -0.2) is 14.9 Å². The predicted molar refractivity (Wildman–Crippen MR) is 80.4 cm³/mol. The summed E-state index contributed by atoms with van der Waals surface area (Å²) in [7, 11) is 0. The van der Waals surface area contributed by atoms with Crippen LogP contribution < -0.4 is 0 Å². The fourth-order valence-corrected chi connectivity index (χ4v) is 2.74. The predicted octanol–water partition coefficient (Wildman–Crippen LogP) is 4.16. The Hall–Kier alpha value is -0.840. The fraction of sp³-hybridized carbons (Fsp3) is 0.357. The second-order valence-corrected chi connectivity index (χ2v) is 6.16. The van der Waals surface area contributed by atoms with Crippen LogP contribution in [0.15, 0.2) is 34.9 Å². The summed E-state index contributed by atoms with van der Waals surface area (Å²) in [4.78, 5) is 0. The number of halogens is 2. The van der Waals surface area contributed by atoms with Crippen LogP contribution in [0.1, 0.15) is 37.3 Å². The average Bonchev–Trinajstić information content (AvgIpc) is 2.76. The highest BCUT2D eigenvalue weighted by molar-refractivity contribution is 9.10. The van der Waals surface area contributed by atoms with E-state index in [4.69, 9.17) is 11.6 Å². The molecule has 0 aliphatic rings. The molecule has 0 aliphatic carbocycles. The third-order valence-corrected chi connectivity index (χ3v) is 3.54. The summed E-state index contributed by atoms with van der Waals surface area (Å²) in [6.07, 6.45) is 1.80. The molecule has 2 rings (SSSR count). The Balaban J connectivity index is 2.13. The van der Waals surface area contributed by atoms with Crippen molar-refractivity contribution in [2.45, 2.75) is 32.4 Å². The number of hydrogen-bond acceptors (Lipinski definition) is 2. The minimum absolute atomic E-state index is 0.325. The van der Waals surface area contributed by atoms with Crippen molar-refractivity contribution in [2.24, 2.45) is 0 Å². The van der Waals surface area contributed by atoms with Crippen molar-refractivity contribution < 1.29 is 5.11 Å². The van der Waals surface area contributed by atoms with Crippen molar-refractivity contribution in [3.05, 3.63) is 51.2 Å². The zero-order valence-electron chi connectivity index (χ0n) is 10.8. The van der Waals surface area contributed by atoms with E-state index in [0.717, 1.165) is 15.7 Å². The van der Waals surface area contributed by atoms with Gasteiger partial charge >= 0.3 is 0 Å². The summed E-state index contributed by atoms with van der Waals surface area (Å²) >= 11 is 9.36. The molecule has 1 aromatic heterocycles. The molecule has 19 heavy (non-hydrogen) atoms. The lowest BCUT2D eigenvalue weighted by Gasteiger charge is -2.11. The Morgan fingerprint density at radius 2 is 2.11 bits per heavy atom. The lowest BCUT2D eigenvalue weighted by atomic mass is 10.1. The minimum Gasteiger partial charge on any atom is -0.388 e. The van der Waals surface area contributed by atoms with E-state index >= 15 is 0 Å². The van der Waals surface area contributed by atoms with Gasteiger partial charge in [-0.05, 0) is 43.7 Å². The SMILES string of the molecule is CC(C)n1ccc(CC(O)c2cc(Cl)cc(Br)c2)n1. The number of nitrogens with zero attached hydrogens (tertiary/aromatic N) is 2. The van der Waals surface area contributed by atoms with Crippen LogP contribution >= 0.6 is 27.5 Å². The van der Waals surface area contributed by atoms with E-state index in [-0.39, 0.29) is 0 Å². The van der Waals surface area contributed by atoms with E-state index in [9.17, 15) is 5.11 Å². The molecule has 5 heteroatoms. The highest BCUT2D eigenvalue weighted by Gasteiger charge is 2.12. The van der Waals surface area contributed by atoms with Crippen LogP contribution in [0.5, 0.6) is 0 Å². The molecule has 0 aliphatic heterocycles. The zero-order valence-corrected chi connectivity index (χ0v) is 13.2. The number of aromatic nitrogens is 2. The third-order valence-electron chi connectivity index (χ3n) is 2.86. The summed E-state index contributed by atoms with van der Waals surface area (Å²) in [6, 6.07) is 7.70. The lowest BCUT2D eigenvalue weighted by Crippen LogP contribution is -2.05. The van der Waals surface area contributed by atoms with Crippen LogP contribution in [0.4, 0.5) is 0 Å². The number of benzene rings is 1. The van der Waals surface area contributed by atoms with Crippen molar-refractivity contribution in [1.29, 1.82) is 0 Å². The molecule has 1 unspecified atom stereocenters. The maximum Gasteiger partial charge on any atom is 0.0847 e. The molecule has 102 valence electrons. The minimum atomic E-state index is -0.606. The molecular weight excluding hydrogens is 328 g/mol. The Morgan fingerprint density at radius 1 is 1.37 bits per heavy atom. The van der Waals surface area contributed by atoms with Crippen molar-refractivity contribution in [1.82, 2.24) is 9.78 Å². The molecule has 0 radical (unpaired) electrons. The maximum atomic E-state index is 10.2. The van der Waals surface area contributed by atoms with E-state index in [2.05, 4.69) is 34.9 Å². The second kappa shape index (κ2) is 6.07. The molecule has 2 aromatic rings. The summed E-state index contributed by atoms with van der Waals surface area (Å²) < 4.78 is 2.75. The van der Waals surface area contributed by atoms with Crippen LogP contribution in [0, 0.1) is 0 Å². The van der Waals surface area contributed by atoms with Gasteiger partial charge in [-0.25, -0.2) is 0 Å². The fourth-order valence-electron chi connectivity index (χ4n) is 1.86. The molecule has 1 N–H and O–H groups in total.